The van der Waals surface area contributed by atoms with E-state index < -0.39 is 75.7 Å². The van der Waals surface area contributed by atoms with E-state index in [2.05, 4.69) is 13.8 Å². The summed E-state index contributed by atoms with van der Waals surface area (Å²) in [5.41, 5.74) is 0. The zero-order valence-electron chi connectivity index (χ0n) is 47.7. The summed E-state index contributed by atoms with van der Waals surface area (Å²) in [6, 6.07) is 0. The van der Waals surface area contributed by atoms with Crippen LogP contribution >= 0.6 is 7.82 Å². The van der Waals surface area contributed by atoms with Gasteiger partial charge in [0.15, 0.2) is 6.10 Å². The normalized spacial score (nSPS) is 20.2. The molecule has 1 aliphatic rings. The Balaban J connectivity index is 2.27. The molecule has 6 N–H and O–H groups in total. The summed E-state index contributed by atoms with van der Waals surface area (Å²) >= 11 is 0. The summed E-state index contributed by atoms with van der Waals surface area (Å²) in [6.07, 6.45) is 44.4. The molecular formula is C60H117O13P. The van der Waals surface area contributed by atoms with Gasteiger partial charge in [0.05, 0.1) is 6.61 Å². The molecule has 0 radical (unpaired) electrons. The van der Waals surface area contributed by atoms with Gasteiger partial charge in [0.1, 0.15) is 43.2 Å². The fourth-order valence-electron chi connectivity index (χ4n) is 10.2. The fourth-order valence-corrected chi connectivity index (χ4v) is 11.2. The number of aliphatic hydroxyl groups excluding tert-OH is 5. The molecule has 13 nitrogen and oxygen atoms in total. The minimum atomic E-state index is -5.12. The number of rotatable bonds is 55. The van der Waals surface area contributed by atoms with Gasteiger partial charge in [-0.15, -0.1) is 0 Å². The van der Waals surface area contributed by atoms with Crippen LogP contribution in [0.25, 0.3) is 0 Å². The maximum atomic E-state index is 12.9. The number of unbranched alkanes of at least 4 members (excludes halogenated alkanes) is 43. The molecule has 0 aliphatic heterocycles. The lowest BCUT2D eigenvalue weighted by Crippen LogP contribution is -2.64. The Labute approximate surface area is 452 Å². The Hall–Kier alpha value is -1.15. The van der Waals surface area contributed by atoms with Gasteiger partial charge in [-0.25, -0.2) is 4.57 Å². The van der Waals surface area contributed by atoms with Crippen LogP contribution in [0.4, 0.5) is 0 Å². The Morgan fingerprint density at radius 3 is 0.892 bits per heavy atom. The molecular weight excluding hydrogens is 960 g/mol. The van der Waals surface area contributed by atoms with Crippen molar-refractivity contribution in [3.05, 3.63) is 0 Å². The van der Waals surface area contributed by atoms with Gasteiger partial charge in [-0.3, -0.25) is 18.6 Å². The smallest absolute Gasteiger partial charge is 0.462 e. The monoisotopic (exact) mass is 1080 g/mol. The third-order valence-corrected chi connectivity index (χ3v) is 16.2. The van der Waals surface area contributed by atoms with Crippen LogP contribution in [0.3, 0.4) is 0 Å². The molecule has 0 aromatic rings. The van der Waals surface area contributed by atoms with Crippen LogP contribution < -0.4 is 0 Å². The lowest BCUT2D eigenvalue weighted by Gasteiger charge is -2.41. The van der Waals surface area contributed by atoms with Gasteiger partial charge >= 0.3 is 19.8 Å². The topological polar surface area (TPSA) is 210 Å². The molecule has 0 saturated heterocycles. The highest BCUT2D eigenvalue weighted by Crippen LogP contribution is 2.47. The van der Waals surface area contributed by atoms with E-state index in [1.54, 1.807) is 0 Å². The van der Waals surface area contributed by atoms with Crippen molar-refractivity contribution < 1.29 is 63.1 Å². The van der Waals surface area contributed by atoms with Gasteiger partial charge < -0.3 is 39.9 Å². The minimum absolute atomic E-state index is 0.106. The number of phosphoric acid groups is 1. The van der Waals surface area contributed by atoms with Crippen LogP contribution in [-0.2, 0) is 32.7 Å². The summed E-state index contributed by atoms with van der Waals surface area (Å²) in [5.74, 6) is -1.07. The molecule has 0 amide bonds. The quantitative estimate of drug-likeness (QED) is 0.0190. The molecule has 6 unspecified atom stereocenters. The number of aliphatic hydroxyl groups is 5. The van der Waals surface area contributed by atoms with Crippen molar-refractivity contribution in [2.24, 2.45) is 0 Å². The largest absolute Gasteiger partial charge is 0.472 e. The predicted molar refractivity (Wildman–Crippen MR) is 300 cm³/mol. The summed E-state index contributed by atoms with van der Waals surface area (Å²) in [7, 11) is -5.12. The van der Waals surface area contributed by atoms with E-state index in [-0.39, 0.29) is 12.8 Å². The number of phosphoric ester groups is 1. The number of ether oxygens (including phenoxy) is 2. The molecule has 440 valence electrons. The first kappa shape index (κ1) is 70.9. The lowest BCUT2D eigenvalue weighted by atomic mass is 9.85. The number of carbonyl (C=O) groups is 2. The van der Waals surface area contributed by atoms with Crippen molar-refractivity contribution in [2.45, 2.75) is 358 Å². The van der Waals surface area contributed by atoms with E-state index >= 15 is 0 Å². The molecule has 1 rings (SSSR count). The Morgan fingerprint density at radius 1 is 0.365 bits per heavy atom. The van der Waals surface area contributed by atoms with Gasteiger partial charge in [-0.05, 0) is 12.8 Å². The average Bonchev–Trinajstić information content (AvgIpc) is 3.38. The first-order chi connectivity index (χ1) is 35.9. The minimum Gasteiger partial charge on any atom is -0.462 e. The van der Waals surface area contributed by atoms with Crippen LogP contribution in [-0.4, -0.2) is 98.3 Å². The van der Waals surface area contributed by atoms with Crippen molar-refractivity contribution in [2.75, 3.05) is 13.2 Å². The zero-order chi connectivity index (χ0) is 54.2. The van der Waals surface area contributed by atoms with Crippen molar-refractivity contribution >= 4 is 19.8 Å². The second kappa shape index (κ2) is 50.1. The molecule has 1 saturated carbocycles. The predicted octanol–water partition coefficient (Wildman–Crippen LogP) is 15.1. The third-order valence-electron chi connectivity index (χ3n) is 15.2. The molecule has 1 aliphatic carbocycles. The van der Waals surface area contributed by atoms with E-state index in [9.17, 15) is 44.6 Å². The molecule has 0 aromatic heterocycles. The summed E-state index contributed by atoms with van der Waals surface area (Å²) in [4.78, 5) is 36.0. The zero-order valence-corrected chi connectivity index (χ0v) is 48.6. The van der Waals surface area contributed by atoms with Crippen molar-refractivity contribution in [1.29, 1.82) is 0 Å². The third kappa shape index (κ3) is 41.0. The number of carbonyl (C=O) groups excluding carboxylic acids is 2. The first-order valence-corrected chi connectivity index (χ1v) is 32.8. The average molecular weight is 1080 g/mol. The highest BCUT2D eigenvalue weighted by atomic mass is 31.2. The molecule has 0 bridgehead atoms. The van der Waals surface area contributed by atoms with E-state index in [1.165, 1.54) is 238 Å². The second-order valence-corrected chi connectivity index (χ2v) is 23.7. The van der Waals surface area contributed by atoms with Crippen molar-refractivity contribution in [3.8, 4) is 0 Å². The van der Waals surface area contributed by atoms with E-state index in [0.29, 0.717) is 12.8 Å². The summed E-state index contributed by atoms with van der Waals surface area (Å²) in [6.45, 7) is 3.39. The Morgan fingerprint density at radius 2 is 0.608 bits per heavy atom. The lowest BCUT2D eigenvalue weighted by molar-refractivity contribution is -0.220. The standard InChI is InChI=1S/C60H117O13P/c1-3-5-7-9-11-13-15-17-19-21-23-25-27-29-30-32-34-36-38-40-42-44-46-48-53(61)70-50-52(51-71-74(68,69)73-60-58(66)56(64)55(63)57(65)59(60)67)72-54(62)49-47-45-43-41-39-37-35-33-31-28-26-24-22-20-18-16-14-12-10-8-6-4-2/h52,55-60,63-67H,3-51H2,1-2H3,(H,68,69)/t52-,55?,56-,57?,58?,59?,60?/m0/s1. The molecule has 1 fully saturated rings. The van der Waals surface area contributed by atoms with Gasteiger partial charge in [0.25, 0.3) is 0 Å². The molecule has 0 aromatic carbocycles. The molecule has 0 spiro atoms. The Kier molecular flexibility index (Phi) is 48.0. The first-order valence-electron chi connectivity index (χ1n) is 31.3. The maximum absolute atomic E-state index is 12.9. The summed E-state index contributed by atoms with van der Waals surface area (Å²) < 4.78 is 33.8. The van der Waals surface area contributed by atoms with Crippen molar-refractivity contribution in [1.82, 2.24) is 0 Å². The highest BCUT2D eigenvalue weighted by molar-refractivity contribution is 7.47. The van der Waals surface area contributed by atoms with Gasteiger partial charge in [-0.1, -0.05) is 290 Å². The van der Waals surface area contributed by atoms with Crippen LogP contribution in [0.1, 0.15) is 316 Å². The Bertz CT molecular complexity index is 1290. The van der Waals surface area contributed by atoms with Crippen molar-refractivity contribution in [3.63, 3.8) is 0 Å². The number of hydrogen-bond acceptors (Lipinski definition) is 12. The van der Waals surface area contributed by atoms with E-state index in [1.807, 2.05) is 0 Å². The van der Waals surface area contributed by atoms with Crippen LogP contribution in [0.2, 0.25) is 0 Å². The van der Waals surface area contributed by atoms with Gasteiger partial charge in [-0.2, -0.15) is 0 Å². The second-order valence-electron chi connectivity index (χ2n) is 22.3. The molecule has 0 heterocycles. The van der Waals surface area contributed by atoms with Crippen LogP contribution in [0, 0.1) is 0 Å². The fraction of sp³-hybridized carbons (Fsp3) is 0.967. The van der Waals surface area contributed by atoms with Crippen LogP contribution in [0.5, 0.6) is 0 Å². The highest BCUT2D eigenvalue weighted by Gasteiger charge is 2.51. The van der Waals surface area contributed by atoms with Crippen LogP contribution in [0.15, 0.2) is 0 Å². The van der Waals surface area contributed by atoms with Gasteiger partial charge in [0, 0.05) is 12.8 Å². The molecule has 14 heteroatoms. The SMILES string of the molecule is CCCCCCCCCCCCCCCCCCCCCCCCCC(=O)OC[C@@H](COP(=O)(O)OC1C(O)C(O)C(O)[C@H](O)C1O)OC(=O)CCCCCCCCCCCCCCCCCCCCCCCC. The van der Waals surface area contributed by atoms with Gasteiger partial charge in [0.2, 0.25) is 0 Å². The summed E-state index contributed by atoms with van der Waals surface area (Å²) in [5, 5.41) is 50.5. The number of hydrogen-bond donors (Lipinski definition) is 6. The number of esters is 2. The molecule has 74 heavy (non-hydrogen) atoms. The molecule has 8 atom stereocenters. The maximum Gasteiger partial charge on any atom is 0.472 e. The van der Waals surface area contributed by atoms with E-state index in [4.69, 9.17) is 18.5 Å². The van der Waals surface area contributed by atoms with E-state index in [0.717, 1.165) is 38.5 Å².